The van der Waals surface area contributed by atoms with Gasteiger partial charge in [0.2, 0.25) is 0 Å². The van der Waals surface area contributed by atoms with Gasteiger partial charge >= 0.3 is 0 Å². The third-order valence-corrected chi connectivity index (χ3v) is 6.15. The molecule has 0 spiro atoms. The summed E-state index contributed by atoms with van der Waals surface area (Å²) in [6.45, 7) is 1.51. The summed E-state index contributed by atoms with van der Waals surface area (Å²) < 4.78 is 25.3. The van der Waals surface area contributed by atoms with Gasteiger partial charge in [-0.05, 0) is 91.6 Å². The van der Waals surface area contributed by atoms with Crippen molar-refractivity contribution in [2.24, 2.45) is 0 Å². The normalized spacial score (nSPS) is 18.1. The van der Waals surface area contributed by atoms with Crippen molar-refractivity contribution in [2.45, 2.75) is 25.0 Å². The van der Waals surface area contributed by atoms with Crippen molar-refractivity contribution in [3.8, 4) is 11.1 Å². The molecular formula is C26H25FN2O2. The molecule has 1 aromatic heterocycles. The van der Waals surface area contributed by atoms with E-state index in [0.29, 0.717) is 6.61 Å². The minimum Gasteiger partial charge on any atom is -0.361 e. The number of nitrogens with zero attached hydrogens (tertiary/aromatic N) is 2. The zero-order valence-electron chi connectivity index (χ0n) is 17.8. The molecule has 2 heterocycles. The summed E-state index contributed by atoms with van der Waals surface area (Å²) in [4.78, 5) is 2.18. The molecule has 0 saturated carbocycles. The van der Waals surface area contributed by atoms with Crippen LogP contribution in [0, 0.1) is 5.82 Å². The smallest absolute Gasteiger partial charge is 0.166 e. The number of hydrogen-bond acceptors (Lipinski definition) is 4. The second-order valence-electron chi connectivity index (χ2n) is 8.48. The van der Waals surface area contributed by atoms with Crippen molar-refractivity contribution >= 4 is 11.0 Å². The second-order valence-corrected chi connectivity index (χ2v) is 8.48. The van der Waals surface area contributed by atoms with Crippen LogP contribution in [0.2, 0.25) is 0 Å². The molecule has 0 saturated heterocycles. The van der Waals surface area contributed by atoms with E-state index >= 15 is 0 Å². The van der Waals surface area contributed by atoms with Crippen molar-refractivity contribution in [3.05, 3.63) is 89.4 Å². The maximum absolute atomic E-state index is 13.6. The number of ether oxygens (including phenoxy) is 1. The third-order valence-electron chi connectivity index (χ3n) is 6.15. The summed E-state index contributed by atoms with van der Waals surface area (Å²) in [5, 5.41) is 4.85. The molecule has 4 nitrogen and oxygen atoms in total. The molecule has 0 radical (unpaired) electrons. The Hall–Kier alpha value is -3.02. The van der Waals surface area contributed by atoms with E-state index in [0.717, 1.165) is 47.0 Å². The van der Waals surface area contributed by atoms with Gasteiger partial charge in [0.15, 0.2) is 5.58 Å². The van der Waals surface area contributed by atoms with Gasteiger partial charge in [-0.3, -0.25) is 0 Å². The van der Waals surface area contributed by atoms with Gasteiger partial charge in [-0.15, -0.1) is 0 Å². The number of benzene rings is 3. The fraction of sp³-hybridized carbons (Fsp3) is 0.269. The molecule has 3 aromatic carbocycles. The maximum atomic E-state index is 13.6. The first-order valence-electron chi connectivity index (χ1n) is 10.6. The Morgan fingerprint density at radius 1 is 1.00 bits per heavy atom. The van der Waals surface area contributed by atoms with Crippen molar-refractivity contribution < 1.29 is 13.7 Å². The predicted molar refractivity (Wildman–Crippen MR) is 119 cm³/mol. The Morgan fingerprint density at radius 2 is 1.77 bits per heavy atom. The number of rotatable bonds is 6. The molecule has 1 atom stereocenters. The number of hydrogen-bond donors (Lipinski definition) is 0. The van der Waals surface area contributed by atoms with Crippen molar-refractivity contribution in [1.82, 2.24) is 10.1 Å². The largest absolute Gasteiger partial charge is 0.361 e. The van der Waals surface area contributed by atoms with E-state index in [2.05, 4.69) is 54.5 Å². The highest BCUT2D eigenvalue weighted by atomic mass is 19.1. The zero-order chi connectivity index (χ0) is 21.4. The average Bonchev–Trinajstić information content (AvgIpc) is 3.38. The highest BCUT2D eigenvalue weighted by Crippen LogP contribution is 2.46. The van der Waals surface area contributed by atoms with Gasteiger partial charge in [0, 0.05) is 5.39 Å². The fourth-order valence-electron chi connectivity index (χ4n) is 4.57. The first-order valence-corrected chi connectivity index (χ1v) is 10.6. The average molecular weight is 416 g/mol. The van der Waals surface area contributed by atoms with Crippen LogP contribution in [0.5, 0.6) is 0 Å². The van der Waals surface area contributed by atoms with Crippen LogP contribution in [-0.4, -0.2) is 30.7 Å². The van der Waals surface area contributed by atoms with Gasteiger partial charge in [0.05, 0.1) is 12.8 Å². The predicted octanol–water partition coefficient (Wildman–Crippen LogP) is 5.75. The summed E-state index contributed by atoms with van der Waals surface area (Å²) in [6, 6.07) is 19.4. The summed E-state index contributed by atoms with van der Waals surface area (Å²) >= 11 is 0. The lowest BCUT2D eigenvalue weighted by molar-refractivity contribution is -0.0140. The fourth-order valence-corrected chi connectivity index (χ4v) is 4.57. The highest BCUT2D eigenvalue weighted by Gasteiger charge is 2.41. The van der Waals surface area contributed by atoms with Crippen molar-refractivity contribution in [3.63, 3.8) is 0 Å². The first-order chi connectivity index (χ1) is 15.0. The second kappa shape index (κ2) is 7.91. The molecule has 4 aromatic rings. The third kappa shape index (κ3) is 3.64. The lowest BCUT2D eigenvalue weighted by Gasteiger charge is -2.31. The Bertz CT molecular complexity index is 1220. The van der Waals surface area contributed by atoms with Gasteiger partial charge < -0.3 is 14.2 Å². The summed E-state index contributed by atoms with van der Waals surface area (Å²) in [5.41, 5.74) is 5.84. The molecule has 0 N–H and O–H groups in total. The van der Waals surface area contributed by atoms with E-state index in [1.165, 1.54) is 23.3 Å². The van der Waals surface area contributed by atoms with Gasteiger partial charge in [0.25, 0.3) is 0 Å². The molecule has 0 bridgehead atoms. The minimum absolute atomic E-state index is 0.232. The Morgan fingerprint density at radius 3 is 2.58 bits per heavy atom. The van der Waals surface area contributed by atoms with E-state index in [1.807, 2.05) is 18.2 Å². The lowest BCUT2D eigenvalue weighted by atomic mass is 9.81. The molecule has 0 aliphatic carbocycles. The van der Waals surface area contributed by atoms with Crippen LogP contribution >= 0.6 is 0 Å². The summed E-state index contributed by atoms with van der Waals surface area (Å²) in [7, 11) is 4.15. The Labute approximate surface area is 181 Å². The van der Waals surface area contributed by atoms with E-state index < -0.39 is 5.60 Å². The van der Waals surface area contributed by atoms with Crippen molar-refractivity contribution in [1.29, 1.82) is 0 Å². The van der Waals surface area contributed by atoms with Crippen molar-refractivity contribution in [2.75, 3.05) is 20.6 Å². The van der Waals surface area contributed by atoms with Crippen LogP contribution in [0.25, 0.3) is 22.1 Å². The molecule has 5 rings (SSSR count). The standard InChI is InChI=1S/C26H25FN2O2/c1-29(2)13-3-12-26(22-6-8-23(27)9-7-22)24-10-4-18(15-21(24)17-30-26)19-5-11-25-20(14-19)16-28-31-25/h4-11,14-16H,3,12-13,17H2,1-2H3. The zero-order valence-corrected chi connectivity index (χ0v) is 17.8. The van der Waals surface area contributed by atoms with Crippen LogP contribution < -0.4 is 0 Å². The molecule has 1 aliphatic rings. The van der Waals surface area contributed by atoms with Crippen LogP contribution in [0.15, 0.2) is 71.4 Å². The molecule has 1 unspecified atom stereocenters. The number of fused-ring (bicyclic) bond motifs is 2. The van der Waals surface area contributed by atoms with E-state index in [9.17, 15) is 4.39 Å². The van der Waals surface area contributed by atoms with E-state index in [-0.39, 0.29) is 5.82 Å². The number of aromatic nitrogens is 1. The topological polar surface area (TPSA) is 38.5 Å². The minimum atomic E-state index is -0.546. The van der Waals surface area contributed by atoms with Gasteiger partial charge in [-0.25, -0.2) is 4.39 Å². The molecule has 31 heavy (non-hydrogen) atoms. The van der Waals surface area contributed by atoms with E-state index in [4.69, 9.17) is 9.26 Å². The maximum Gasteiger partial charge on any atom is 0.166 e. The summed E-state index contributed by atoms with van der Waals surface area (Å²) in [5.74, 6) is -0.232. The SMILES string of the molecule is CN(C)CCCC1(c2ccc(F)cc2)OCc2cc(-c3ccc4oncc4c3)ccc21. The molecule has 158 valence electrons. The molecular weight excluding hydrogens is 391 g/mol. The Kier molecular flexibility index (Phi) is 5.08. The molecule has 0 amide bonds. The van der Waals surface area contributed by atoms with Gasteiger partial charge in [0.1, 0.15) is 11.4 Å². The summed E-state index contributed by atoms with van der Waals surface area (Å²) in [6.07, 6.45) is 3.56. The highest BCUT2D eigenvalue weighted by molar-refractivity contribution is 5.82. The van der Waals surface area contributed by atoms with Crippen LogP contribution in [0.4, 0.5) is 4.39 Å². The van der Waals surface area contributed by atoms with E-state index in [1.54, 1.807) is 6.20 Å². The van der Waals surface area contributed by atoms with Gasteiger partial charge in [-0.2, -0.15) is 0 Å². The molecule has 0 fully saturated rings. The molecule has 5 heteroatoms. The van der Waals surface area contributed by atoms with Gasteiger partial charge in [-0.1, -0.05) is 35.5 Å². The Balaban J connectivity index is 1.54. The molecule has 1 aliphatic heterocycles. The van der Waals surface area contributed by atoms with Crippen LogP contribution in [0.3, 0.4) is 0 Å². The quantitative estimate of drug-likeness (QED) is 0.401. The first kappa shape index (κ1) is 19.9. The van der Waals surface area contributed by atoms with Crippen LogP contribution in [-0.2, 0) is 16.9 Å². The van der Waals surface area contributed by atoms with Crippen LogP contribution in [0.1, 0.15) is 29.5 Å². The number of halogens is 1. The monoisotopic (exact) mass is 416 g/mol. The lowest BCUT2D eigenvalue weighted by Crippen LogP contribution is -2.28.